The third-order valence-electron chi connectivity index (χ3n) is 9.01. The minimum Gasteiger partial charge on any atom is -0.330 e. The van der Waals surface area contributed by atoms with Gasteiger partial charge in [-0.15, -0.1) is 0 Å². The molecule has 2 saturated heterocycles. The molecule has 228 valence electrons. The fraction of sp³-hybridized carbons (Fsp3) is 0.400. The number of amides is 2. The summed E-state index contributed by atoms with van der Waals surface area (Å²) in [5.41, 5.74) is 4.49. The number of hydrogen-bond acceptors (Lipinski definition) is 6. The first kappa shape index (κ1) is 29.8. The number of carbonyl (C=O) groups is 2. The second kappa shape index (κ2) is 13.2. The zero-order chi connectivity index (χ0) is 30.5. The minimum absolute atomic E-state index is 0.0493. The topological polar surface area (TPSA) is 90.3 Å². The molecule has 0 spiro atoms. The molecule has 4 aliphatic heterocycles. The molecule has 2 fully saturated rings. The summed E-state index contributed by atoms with van der Waals surface area (Å²) in [4.78, 5) is 44.9. The monoisotopic (exact) mass is 592 g/mol. The third-order valence-corrected chi connectivity index (χ3v) is 9.01. The predicted molar refractivity (Wildman–Crippen MR) is 174 cm³/mol. The average Bonchev–Trinajstić information content (AvgIpc) is 3.67. The number of pyridine rings is 1. The van der Waals surface area contributed by atoms with Gasteiger partial charge in [0, 0.05) is 30.9 Å². The van der Waals surface area contributed by atoms with Gasteiger partial charge in [-0.2, -0.15) is 4.99 Å². The summed E-state index contributed by atoms with van der Waals surface area (Å²) in [5.74, 6) is 1.25. The van der Waals surface area contributed by atoms with Crippen molar-refractivity contribution in [3.05, 3.63) is 95.2 Å². The van der Waals surface area contributed by atoms with Gasteiger partial charge >= 0.3 is 0 Å². The molecule has 2 atom stereocenters. The maximum absolute atomic E-state index is 13.5. The highest BCUT2D eigenvalue weighted by atomic mass is 16.2. The van der Waals surface area contributed by atoms with Crippen molar-refractivity contribution >= 4 is 29.7 Å². The number of anilines is 1. The molecular weight excluding hydrogens is 550 g/mol. The van der Waals surface area contributed by atoms with Crippen molar-refractivity contribution in [3.8, 4) is 0 Å². The number of nitrogens with one attached hydrogen (secondary N) is 1. The number of amidine groups is 1. The van der Waals surface area contributed by atoms with Crippen LogP contribution in [0.5, 0.6) is 0 Å². The number of fused-ring (bicyclic) bond motifs is 1. The van der Waals surface area contributed by atoms with E-state index in [1.165, 1.54) is 12.8 Å². The van der Waals surface area contributed by atoms with Gasteiger partial charge in [-0.3, -0.25) is 19.5 Å². The highest BCUT2D eigenvalue weighted by molar-refractivity contribution is 6.05. The van der Waals surface area contributed by atoms with Crippen LogP contribution in [-0.4, -0.2) is 82.4 Å². The van der Waals surface area contributed by atoms with E-state index in [9.17, 15) is 9.59 Å². The van der Waals surface area contributed by atoms with Gasteiger partial charge in [0.25, 0.3) is 5.91 Å². The maximum Gasteiger partial charge on any atom is 0.256 e. The minimum atomic E-state index is -0.204. The number of nitrogens with zero attached hydrogens (tertiary/aromatic N) is 6. The van der Waals surface area contributed by atoms with Gasteiger partial charge in [-0.05, 0) is 93.6 Å². The van der Waals surface area contributed by atoms with E-state index in [1.807, 2.05) is 59.8 Å². The lowest BCUT2D eigenvalue weighted by Gasteiger charge is -2.35. The van der Waals surface area contributed by atoms with Gasteiger partial charge < -0.3 is 10.2 Å². The van der Waals surface area contributed by atoms with Crippen molar-refractivity contribution in [1.82, 2.24) is 14.8 Å². The Bertz CT molecular complexity index is 1550. The van der Waals surface area contributed by atoms with Crippen LogP contribution in [0.3, 0.4) is 0 Å². The van der Waals surface area contributed by atoms with Gasteiger partial charge in [0.2, 0.25) is 11.7 Å². The van der Waals surface area contributed by atoms with Crippen LogP contribution in [0.2, 0.25) is 0 Å². The fourth-order valence-corrected chi connectivity index (χ4v) is 6.62. The van der Waals surface area contributed by atoms with E-state index in [0.29, 0.717) is 15.9 Å². The molecule has 1 aromatic carbocycles. The lowest BCUT2D eigenvalue weighted by Crippen LogP contribution is -2.46. The molecule has 2 amide bonds. The molecule has 9 nitrogen and oxygen atoms in total. The predicted octanol–water partition coefficient (Wildman–Crippen LogP) is 5.29. The van der Waals surface area contributed by atoms with Gasteiger partial charge in [0.1, 0.15) is 17.7 Å². The number of allylic oxidation sites excluding steroid dienone is 1. The molecular formula is C35H42N7O2+. The van der Waals surface area contributed by atoms with Crippen molar-refractivity contribution in [3.63, 3.8) is 0 Å². The molecule has 0 aliphatic carbocycles. The molecule has 2 aromatic rings. The van der Waals surface area contributed by atoms with Crippen LogP contribution >= 0.6 is 0 Å². The van der Waals surface area contributed by atoms with Gasteiger partial charge in [-0.25, -0.2) is 9.47 Å². The molecule has 6 rings (SSSR count). The van der Waals surface area contributed by atoms with E-state index >= 15 is 0 Å². The molecule has 1 N–H and O–H groups in total. The lowest BCUT2D eigenvalue weighted by molar-refractivity contribution is -0.713. The summed E-state index contributed by atoms with van der Waals surface area (Å²) in [5, 5.41) is 2.93. The van der Waals surface area contributed by atoms with Crippen LogP contribution in [-0.2, 0) is 11.2 Å². The Morgan fingerprint density at radius 3 is 2.66 bits per heavy atom. The Kier molecular flexibility index (Phi) is 8.95. The molecule has 1 aromatic heterocycles. The summed E-state index contributed by atoms with van der Waals surface area (Å²) >= 11 is 0. The van der Waals surface area contributed by atoms with Crippen LogP contribution in [0.1, 0.15) is 66.9 Å². The standard InChI is InChI=1S/C35H41N7O2/c1-3-9-26-16-17-37-31(24-26)38-35(44)28-14-12-27(13-15-28)34-39-33(30-25-36-18-23-42(30,34)2)29-10-4-5-22-41(29)32(43)11-8-21-40-19-6-7-20-40/h8,11-18,23-25,29H,3-7,9-10,19-22H2,1-2H3/p+1/b11-8+. The summed E-state index contributed by atoms with van der Waals surface area (Å²) < 4.78 is 0.363. The fourth-order valence-electron chi connectivity index (χ4n) is 6.62. The van der Waals surface area contributed by atoms with E-state index < -0.39 is 0 Å². The van der Waals surface area contributed by atoms with Gasteiger partial charge in [-0.1, -0.05) is 19.4 Å². The first-order valence-corrected chi connectivity index (χ1v) is 15.9. The lowest BCUT2D eigenvalue weighted by atomic mass is 9.97. The zero-order valence-electron chi connectivity index (χ0n) is 25.8. The number of likely N-dealkylation sites (tertiary alicyclic amines) is 2. The zero-order valence-corrected chi connectivity index (χ0v) is 25.8. The number of piperidine rings is 1. The molecule has 0 saturated carbocycles. The molecule has 0 radical (unpaired) electrons. The van der Waals surface area contributed by atoms with E-state index in [-0.39, 0.29) is 17.9 Å². The summed E-state index contributed by atoms with van der Waals surface area (Å²) in [6.07, 6.45) is 18.6. The number of carbonyl (C=O) groups excluding carboxylic acids is 2. The second-order valence-corrected chi connectivity index (χ2v) is 12.1. The van der Waals surface area contributed by atoms with Crippen LogP contribution < -0.4 is 5.32 Å². The summed E-state index contributed by atoms with van der Waals surface area (Å²) in [6.45, 7) is 5.89. The smallest absolute Gasteiger partial charge is 0.256 e. The number of aromatic nitrogens is 1. The molecule has 4 aliphatic rings. The molecule has 5 heterocycles. The van der Waals surface area contributed by atoms with Crippen molar-refractivity contribution in [2.24, 2.45) is 9.98 Å². The number of aliphatic imine (C=N–C) groups is 2. The molecule has 0 bridgehead atoms. The number of hydrogen-bond donors (Lipinski definition) is 1. The number of rotatable bonds is 9. The van der Waals surface area contributed by atoms with Crippen molar-refractivity contribution < 1.29 is 14.1 Å². The summed E-state index contributed by atoms with van der Waals surface area (Å²) in [7, 11) is 2.10. The first-order valence-electron chi connectivity index (χ1n) is 15.9. The van der Waals surface area contributed by atoms with Crippen molar-refractivity contribution in [2.45, 2.75) is 57.9 Å². The van der Waals surface area contributed by atoms with Gasteiger partial charge in [0.15, 0.2) is 5.70 Å². The maximum atomic E-state index is 13.5. The summed E-state index contributed by atoms with van der Waals surface area (Å²) in [6, 6.07) is 11.3. The highest BCUT2D eigenvalue weighted by Gasteiger charge is 2.46. The Balaban J connectivity index is 1.22. The molecule has 2 unspecified atom stereocenters. The number of quaternary nitrogens is 1. The number of benzene rings is 1. The van der Waals surface area contributed by atoms with E-state index in [0.717, 1.165) is 86.6 Å². The van der Waals surface area contributed by atoms with E-state index in [4.69, 9.17) is 4.99 Å². The van der Waals surface area contributed by atoms with Crippen LogP contribution in [0, 0.1) is 0 Å². The Morgan fingerprint density at radius 1 is 1.07 bits per heavy atom. The van der Waals surface area contributed by atoms with Crippen LogP contribution in [0.15, 0.2) is 88.5 Å². The Morgan fingerprint density at radius 2 is 1.86 bits per heavy atom. The SMILES string of the molecule is CCCc1ccnc(NC(=O)c2ccc(C3=NC(C4CCCCN4C(=O)/C=C/CN4CCCC4)=C4C=NC=C[N+]34C)cc2)c1. The second-order valence-electron chi connectivity index (χ2n) is 12.1. The van der Waals surface area contributed by atoms with Gasteiger partial charge in [0.05, 0.1) is 31.1 Å². The van der Waals surface area contributed by atoms with E-state index in [1.54, 1.807) is 18.5 Å². The van der Waals surface area contributed by atoms with Crippen LogP contribution in [0.25, 0.3) is 0 Å². The normalized spacial score (nSPS) is 23.4. The third kappa shape index (κ3) is 6.21. The van der Waals surface area contributed by atoms with E-state index in [2.05, 4.69) is 34.2 Å². The number of aryl methyl sites for hydroxylation is 1. The largest absolute Gasteiger partial charge is 0.330 e. The highest BCUT2D eigenvalue weighted by Crippen LogP contribution is 2.38. The molecule has 9 heteroatoms. The molecule has 44 heavy (non-hydrogen) atoms. The Hall–Kier alpha value is -4.21. The van der Waals surface area contributed by atoms with Crippen molar-refractivity contribution in [1.29, 1.82) is 0 Å². The quantitative estimate of drug-likeness (QED) is 0.316. The van der Waals surface area contributed by atoms with Crippen LogP contribution in [0.4, 0.5) is 5.82 Å². The Labute approximate surface area is 260 Å². The van der Waals surface area contributed by atoms with Crippen molar-refractivity contribution in [2.75, 3.05) is 38.5 Å². The average molecular weight is 593 g/mol. The first-order chi connectivity index (χ1) is 21.5.